The molecule has 6 heteroatoms. The summed E-state index contributed by atoms with van der Waals surface area (Å²) in [5, 5.41) is 9.01. The van der Waals surface area contributed by atoms with E-state index in [1.54, 1.807) is 16.9 Å². The topological polar surface area (TPSA) is 62.7 Å². The zero-order valence-electron chi connectivity index (χ0n) is 13.9. The molecule has 2 heterocycles. The number of H-pyrrole nitrogens is 1. The van der Waals surface area contributed by atoms with Crippen molar-refractivity contribution in [3.8, 4) is 5.69 Å². The van der Waals surface area contributed by atoms with Gasteiger partial charge in [0.15, 0.2) is 0 Å². The van der Waals surface area contributed by atoms with Gasteiger partial charge in [-0.1, -0.05) is 29.8 Å². The second kappa shape index (κ2) is 7.06. The van der Waals surface area contributed by atoms with E-state index in [0.29, 0.717) is 23.7 Å². The molecule has 0 unspecified atom stereocenters. The molecule has 0 atom stereocenters. The highest BCUT2D eigenvalue weighted by Crippen LogP contribution is 2.22. The van der Waals surface area contributed by atoms with Crippen LogP contribution in [0.15, 0.2) is 67.0 Å². The van der Waals surface area contributed by atoms with E-state index in [2.05, 4.69) is 15.4 Å². The lowest BCUT2D eigenvalue weighted by Gasteiger charge is -2.08. The number of aromatic amines is 1. The predicted molar refractivity (Wildman–Crippen MR) is 103 cm³/mol. The van der Waals surface area contributed by atoms with E-state index < -0.39 is 0 Å². The van der Waals surface area contributed by atoms with Gasteiger partial charge in [0.25, 0.3) is 5.91 Å². The fraction of sp³-hybridized carbons (Fsp3) is 0.100. The Kier molecular flexibility index (Phi) is 4.46. The van der Waals surface area contributed by atoms with E-state index in [1.165, 1.54) is 0 Å². The van der Waals surface area contributed by atoms with E-state index in [9.17, 15) is 4.79 Å². The van der Waals surface area contributed by atoms with Crippen LogP contribution in [0.4, 0.5) is 0 Å². The molecular formula is C20H17ClN4O. The second-order valence-corrected chi connectivity index (χ2v) is 6.41. The number of hydrogen-bond donors (Lipinski definition) is 2. The standard InChI is InChI=1S/C20H17ClN4O/c21-15-6-7-18-17(12-15)14(13-23-18)8-10-22-20(26)19-9-11-24-25(19)16-4-2-1-3-5-16/h1-7,9,11-13,23H,8,10H2,(H,22,26). The number of carbonyl (C=O) groups excluding carboxylic acids is 1. The third kappa shape index (κ3) is 3.21. The van der Waals surface area contributed by atoms with Crippen molar-refractivity contribution in [1.82, 2.24) is 20.1 Å². The molecule has 5 nitrogen and oxygen atoms in total. The van der Waals surface area contributed by atoms with Gasteiger partial charge < -0.3 is 10.3 Å². The summed E-state index contributed by atoms with van der Waals surface area (Å²) in [6, 6.07) is 17.1. The summed E-state index contributed by atoms with van der Waals surface area (Å²) in [6.07, 6.45) is 4.30. The molecule has 0 fully saturated rings. The Hall–Kier alpha value is -3.05. The van der Waals surface area contributed by atoms with E-state index in [-0.39, 0.29) is 5.91 Å². The third-order valence-electron chi connectivity index (χ3n) is 4.29. The Morgan fingerprint density at radius 2 is 2.00 bits per heavy atom. The van der Waals surface area contributed by atoms with E-state index in [1.807, 2.05) is 54.7 Å². The van der Waals surface area contributed by atoms with Gasteiger partial charge in [-0.25, -0.2) is 4.68 Å². The normalized spacial score (nSPS) is 11.0. The molecule has 26 heavy (non-hydrogen) atoms. The Balaban J connectivity index is 1.45. The van der Waals surface area contributed by atoms with Crippen LogP contribution in [-0.2, 0) is 6.42 Å². The van der Waals surface area contributed by atoms with Gasteiger partial charge in [0.2, 0.25) is 0 Å². The molecule has 2 aromatic carbocycles. The van der Waals surface area contributed by atoms with Crippen LogP contribution >= 0.6 is 11.6 Å². The van der Waals surface area contributed by atoms with E-state index in [0.717, 1.165) is 22.2 Å². The predicted octanol–water partition coefficient (Wildman–Crippen LogP) is 3.98. The summed E-state index contributed by atoms with van der Waals surface area (Å²) in [4.78, 5) is 15.8. The second-order valence-electron chi connectivity index (χ2n) is 5.97. The molecule has 0 aliphatic heterocycles. The third-order valence-corrected chi connectivity index (χ3v) is 4.52. The average Bonchev–Trinajstić information content (AvgIpc) is 3.30. The fourth-order valence-electron chi connectivity index (χ4n) is 3.01. The van der Waals surface area contributed by atoms with Crippen LogP contribution in [0.1, 0.15) is 16.1 Å². The zero-order valence-corrected chi connectivity index (χ0v) is 14.7. The first-order chi connectivity index (χ1) is 12.7. The monoisotopic (exact) mass is 364 g/mol. The number of amides is 1. The molecule has 1 amide bonds. The molecule has 4 aromatic rings. The van der Waals surface area contributed by atoms with Gasteiger partial charge in [0, 0.05) is 28.7 Å². The Bertz CT molecular complexity index is 1050. The van der Waals surface area contributed by atoms with Crippen molar-refractivity contribution in [1.29, 1.82) is 0 Å². The van der Waals surface area contributed by atoms with Gasteiger partial charge in [-0.2, -0.15) is 5.10 Å². The van der Waals surface area contributed by atoms with Crippen LogP contribution in [0.25, 0.3) is 16.6 Å². The summed E-state index contributed by atoms with van der Waals surface area (Å²) in [6.45, 7) is 0.526. The number of rotatable bonds is 5. The number of nitrogens with zero attached hydrogens (tertiary/aromatic N) is 2. The lowest BCUT2D eigenvalue weighted by Crippen LogP contribution is -2.27. The molecule has 130 valence electrons. The molecule has 0 saturated carbocycles. The van der Waals surface area contributed by atoms with Gasteiger partial charge in [0.1, 0.15) is 5.69 Å². The van der Waals surface area contributed by atoms with Crippen LogP contribution in [0.5, 0.6) is 0 Å². The van der Waals surface area contributed by atoms with E-state index >= 15 is 0 Å². The molecule has 2 aromatic heterocycles. The summed E-state index contributed by atoms with van der Waals surface area (Å²) in [7, 11) is 0. The average molecular weight is 365 g/mol. The molecule has 0 bridgehead atoms. The molecular weight excluding hydrogens is 348 g/mol. The van der Waals surface area contributed by atoms with Crippen LogP contribution in [0, 0.1) is 0 Å². The van der Waals surface area contributed by atoms with Crippen molar-refractivity contribution in [3.05, 3.63) is 83.3 Å². The quantitative estimate of drug-likeness (QED) is 0.562. The highest BCUT2D eigenvalue weighted by Gasteiger charge is 2.13. The minimum Gasteiger partial charge on any atom is -0.361 e. The summed E-state index contributed by atoms with van der Waals surface area (Å²) < 4.78 is 1.64. The summed E-state index contributed by atoms with van der Waals surface area (Å²) in [5.74, 6) is -0.149. The van der Waals surface area contributed by atoms with Crippen LogP contribution < -0.4 is 5.32 Å². The van der Waals surface area contributed by atoms with E-state index in [4.69, 9.17) is 11.6 Å². The van der Waals surface area contributed by atoms with Crippen LogP contribution in [0.2, 0.25) is 5.02 Å². The number of benzene rings is 2. The molecule has 0 saturated heterocycles. The molecule has 0 aliphatic carbocycles. The maximum atomic E-state index is 12.5. The smallest absolute Gasteiger partial charge is 0.270 e. The number of fused-ring (bicyclic) bond motifs is 1. The Labute approximate surface area is 155 Å². The zero-order chi connectivity index (χ0) is 17.9. The molecule has 0 spiro atoms. The Morgan fingerprint density at radius 1 is 1.15 bits per heavy atom. The first kappa shape index (κ1) is 16.4. The SMILES string of the molecule is O=C(NCCc1c[nH]c2ccc(Cl)cc12)c1ccnn1-c1ccccc1. The number of hydrogen-bond acceptors (Lipinski definition) is 2. The van der Waals surface area contributed by atoms with Gasteiger partial charge in [-0.05, 0) is 48.4 Å². The first-order valence-electron chi connectivity index (χ1n) is 8.35. The van der Waals surface area contributed by atoms with Gasteiger partial charge in [-0.15, -0.1) is 0 Å². The van der Waals surface area contributed by atoms with Gasteiger partial charge in [0.05, 0.1) is 11.9 Å². The van der Waals surface area contributed by atoms with Crippen molar-refractivity contribution in [2.45, 2.75) is 6.42 Å². The van der Waals surface area contributed by atoms with Crippen LogP contribution in [-0.4, -0.2) is 27.2 Å². The maximum absolute atomic E-state index is 12.5. The molecule has 0 radical (unpaired) electrons. The summed E-state index contributed by atoms with van der Waals surface area (Å²) >= 11 is 6.08. The number of halogens is 1. The van der Waals surface area contributed by atoms with Crippen LogP contribution in [0.3, 0.4) is 0 Å². The van der Waals surface area contributed by atoms with Crippen molar-refractivity contribution in [3.63, 3.8) is 0 Å². The molecule has 4 rings (SSSR count). The maximum Gasteiger partial charge on any atom is 0.270 e. The highest BCUT2D eigenvalue weighted by molar-refractivity contribution is 6.31. The van der Waals surface area contributed by atoms with Gasteiger partial charge >= 0.3 is 0 Å². The lowest BCUT2D eigenvalue weighted by atomic mass is 10.1. The molecule has 2 N–H and O–H groups in total. The Morgan fingerprint density at radius 3 is 2.85 bits per heavy atom. The minimum atomic E-state index is -0.149. The van der Waals surface area contributed by atoms with Crippen molar-refractivity contribution < 1.29 is 4.79 Å². The lowest BCUT2D eigenvalue weighted by molar-refractivity contribution is 0.0946. The minimum absolute atomic E-state index is 0.149. The van der Waals surface area contributed by atoms with Crippen molar-refractivity contribution >= 4 is 28.4 Å². The highest BCUT2D eigenvalue weighted by atomic mass is 35.5. The molecule has 0 aliphatic rings. The number of aromatic nitrogens is 3. The number of carbonyl (C=O) groups is 1. The largest absolute Gasteiger partial charge is 0.361 e. The fourth-order valence-corrected chi connectivity index (χ4v) is 3.18. The van der Waals surface area contributed by atoms with Gasteiger partial charge in [-0.3, -0.25) is 4.79 Å². The summed E-state index contributed by atoms with van der Waals surface area (Å²) in [5.41, 5.74) is 3.53. The number of para-hydroxylation sites is 1. The van der Waals surface area contributed by atoms with Crippen molar-refractivity contribution in [2.75, 3.05) is 6.54 Å². The number of nitrogens with one attached hydrogen (secondary N) is 2. The van der Waals surface area contributed by atoms with Crippen molar-refractivity contribution in [2.24, 2.45) is 0 Å². The first-order valence-corrected chi connectivity index (χ1v) is 8.73.